The summed E-state index contributed by atoms with van der Waals surface area (Å²) < 4.78 is 0. The van der Waals surface area contributed by atoms with Gasteiger partial charge in [-0.25, -0.2) is 9.78 Å². The molecule has 2 rings (SSSR count). The molecule has 1 heterocycles. The SMILES string of the molecule is CNCc1cccc(NC(=O)c2ccc(C(=O)O)nc2)c1. The van der Waals surface area contributed by atoms with Crippen LogP contribution in [0.25, 0.3) is 0 Å². The zero-order valence-electron chi connectivity index (χ0n) is 11.5. The maximum atomic E-state index is 12.1. The van der Waals surface area contributed by atoms with E-state index in [-0.39, 0.29) is 11.6 Å². The van der Waals surface area contributed by atoms with E-state index in [4.69, 9.17) is 5.11 Å². The van der Waals surface area contributed by atoms with Gasteiger partial charge in [-0.3, -0.25) is 4.79 Å². The molecule has 0 aliphatic carbocycles. The van der Waals surface area contributed by atoms with Gasteiger partial charge in [0.15, 0.2) is 0 Å². The zero-order valence-corrected chi connectivity index (χ0v) is 11.5. The molecule has 108 valence electrons. The van der Waals surface area contributed by atoms with Crippen LogP contribution in [0.2, 0.25) is 0 Å². The topological polar surface area (TPSA) is 91.3 Å². The van der Waals surface area contributed by atoms with Gasteiger partial charge in [0, 0.05) is 18.4 Å². The Morgan fingerprint density at radius 3 is 2.67 bits per heavy atom. The minimum Gasteiger partial charge on any atom is -0.477 e. The first kappa shape index (κ1) is 14.7. The first-order valence-corrected chi connectivity index (χ1v) is 6.34. The van der Waals surface area contributed by atoms with E-state index in [1.807, 2.05) is 25.2 Å². The van der Waals surface area contributed by atoms with Gasteiger partial charge in [0.05, 0.1) is 5.56 Å². The van der Waals surface area contributed by atoms with Crippen molar-refractivity contribution in [2.45, 2.75) is 6.54 Å². The van der Waals surface area contributed by atoms with Crippen LogP contribution in [-0.2, 0) is 6.54 Å². The highest BCUT2D eigenvalue weighted by molar-refractivity contribution is 6.04. The van der Waals surface area contributed by atoms with E-state index in [1.54, 1.807) is 6.07 Å². The average Bonchev–Trinajstić information content (AvgIpc) is 2.48. The molecule has 0 atom stereocenters. The van der Waals surface area contributed by atoms with Crippen molar-refractivity contribution in [3.05, 3.63) is 59.4 Å². The molecule has 6 nitrogen and oxygen atoms in total. The molecule has 1 amide bonds. The van der Waals surface area contributed by atoms with Crippen LogP contribution in [-0.4, -0.2) is 29.0 Å². The molecule has 0 aliphatic heterocycles. The number of aromatic carboxylic acids is 1. The number of aromatic nitrogens is 1. The van der Waals surface area contributed by atoms with Crippen molar-refractivity contribution in [2.75, 3.05) is 12.4 Å². The third kappa shape index (κ3) is 3.87. The van der Waals surface area contributed by atoms with Crippen LogP contribution in [0.3, 0.4) is 0 Å². The second-order valence-corrected chi connectivity index (χ2v) is 4.42. The first-order chi connectivity index (χ1) is 10.1. The molecule has 1 aromatic carbocycles. The van der Waals surface area contributed by atoms with Gasteiger partial charge in [0.25, 0.3) is 5.91 Å². The molecule has 0 bridgehead atoms. The summed E-state index contributed by atoms with van der Waals surface area (Å²) in [5.41, 5.74) is 1.94. The summed E-state index contributed by atoms with van der Waals surface area (Å²) in [4.78, 5) is 26.5. The fourth-order valence-corrected chi connectivity index (χ4v) is 1.82. The Bertz CT molecular complexity index is 653. The molecule has 6 heteroatoms. The van der Waals surface area contributed by atoms with Crippen LogP contribution in [0.5, 0.6) is 0 Å². The Morgan fingerprint density at radius 2 is 2.05 bits per heavy atom. The van der Waals surface area contributed by atoms with Gasteiger partial charge in [0.2, 0.25) is 0 Å². The van der Waals surface area contributed by atoms with Gasteiger partial charge in [-0.15, -0.1) is 0 Å². The number of carboxylic acid groups (broad SMARTS) is 1. The fourth-order valence-electron chi connectivity index (χ4n) is 1.82. The molecule has 0 saturated heterocycles. The zero-order chi connectivity index (χ0) is 15.2. The van der Waals surface area contributed by atoms with Crippen molar-refractivity contribution >= 4 is 17.6 Å². The highest BCUT2D eigenvalue weighted by Crippen LogP contribution is 2.12. The van der Waals surface area contributed by atoms with Crippen molar-refractivity contribution < 1.29 is 14.7 Å². The van der Waals surface area contributed by atoms with Gasteiger partial charge in [-0.1, -0.05) is 12.1 Å². The van der Waals surface area contributed by atoms with E-state index < -0.39 is 5.97 Å². The van der Waals surface area contributed by atoms with E-state index in [2.05, 4.69) is 15.6 Å². The van der Waals surface area contributed by atoms with Gasteiger partial charge < -0.3 is 15.7 Å². The second-order valence-electron chi connectivity index (χ2n) is 4.42. The number of carboxylic acids is 1. The van der Waals surface area contributed by atoms with E-state index in [0.29, 0.717) is 17.8 Å². The van der Waals surface area contributed by atoms with Crippen LogP contribution in [0.15, 0.2) is 42.6 Å². The number of nitrogens with one attached hydrogen (secondary N) is 2. The third-order valence-corrected chi connectivity index (χ3v) is 2.81. The standard InChI is InChI=1S/C15H15N3O3/c1-16-8-10-3-2-4-12(7-10)18-14(19)11-5-6-13(15(20)21)17-9-11/h2-7,9,16H,8H2,1H3,(H,18,19)(H,20,21). The summed E-state index contributed by atoms with van der Waals surface area (Å²) >= 11 is 0. The average molecular weight is 285 g/mol. The molecule has 1 aromatic heterocycles. The van der Waals surface area contributed by atoms with Crippen molar-refractivity contribution in [2.24, 2.45) is 0 Å². The monoisotopic (exact) mass is 285 g/mol. The largest absolute Gasteiger partial charge is 0.477 e. The quantitative estimate of drug-likeness (QED) is 0.778. The van der Waals surface area contributed by atoms with Crippen molar-refractivity contribution in [3.63, 3.8) is 0 Å². The molecule has 2 aromatic rings. The predicted molar refractivity (Wildman–Crippen MR) is 78.4 cm³/mol. The molecule has 0 spiro atoms. The maximum absolute atomic E-state index is 12.1. The Labute approximate surface area is 121 Å². The number of benzene rings is 1. The van der Waals surface area contributed by atoms with Crippen LogP contribution in [0, 0.1) is 0 Å². The Kier molecular flexibility index (Phi) is 4.63. The van der Waals surface area contributed by atoms with Crippen molar-refractivity contribution in [1.82, 2.24) is 10.3 Å². The summed E-state index contributed by atoms with van der Waals surface area (Å²) in [6.07, 6.45) is 1.25. The summed E-state index contributed by atoms with van der Waals surface area (Å²) in [5.74, 6) is -1.46. The van der Waals surface area contributed by atoms with Gasteiger partial charge >= 0.3 is 5.97 Å². The smallest absolute Gasteiger partial charge is 0.354 e. The fraction of sp³-hybridized carbons (Fsp3) is 0.133. The van der Waals surface area contributed by atoms with Crippen molar-refractivity contribution in [1.29, 1.82) is 0 Å². The molecular formula is C15H15N3O3. The third-order valence-electron chi connectivity index (χ3n) is 2.81. The number of hydrogen-bond donors (Lipinski definition) is 3. The van der Waals surface area contributed by atoms with Crippen LogP contribution < -0.4 is 10.6 Å². The maximum Gasteiger partial charge on any atom is 0.354 e. The summed E-state index contributed by atoms with van der Waals surface area (Å²) in [6, 6.07) is 10.2. The van der Waals surface area contributed by atoms with Crippen molar-refractivity contribution in [3.8, 4) is 0 Å². The molecule has 0 radical (unpaired) electrons. The number of hydrogen-bond acceptors (Lipinski definition) is 4. The number of amides is 1. The predicted octanol–water partition coefficient (Wildman–Crippen LogP) is 1.75. The number of anilines is 1. The van der Waals surface area contributed by atoms with Gasteiger partial charge in [0.1, 0.15) is 5.69 Å². The molecule has 0 aliphatic rings. The lowest BCUT2D eigenvalue weighted by Crippen LogP contribution is -2.13. The molecule has 21 heavy (non-hydrogen) atoms. The minimum absolute atomic E-state index is 0.0948. The van der Waals surface area contributed by atoms with E-state index in [1.165, 1.54) is 18.3 Å². The highest BCUT2D eigenvalue weighted by Gasteiger charge is 2.09. The van der Waals surface area contributed by atoms with Crippen LogP contribution in [0.4, 0.5) is 5.69 Å². The molecule has 0 fully saturated rings. The number of rotatable bonds is 5. The lowest BCUT2D eigenvalue weighted by Gasteiger charge is -2.07. The highest BCUT2D eigenvalue weighted by atomic mass is 16.4. The van der Waals surface area contributed by atoms with E-state index in [0.717, 1.165) is 5.56 Å². The number of pyridine rings is 1. The lowest BCUT2D eigenvalue weighted by atomic mass is 10.2. The Morgan fingerprint density at radius 1 is 1.24 bits per heavy atom. The summed E-state index contributed by atoms with van der Waals surface area (Å²) in [7, 11) is 1.85. The number of nitrogens with zero attached hydrogens (tertiary/aromatic N) is 1. The first-order valence-electron chi connectivity index (χ1n) is 6.34. The Balaban J connectivity index is 2.10. The molecule has 0 saturated carbocycles. The minimum atomic E-state index is -1.12. The van der Waals surface area contributed by atoms with Gasteiger partial charge in [-0.2, -0.15) is 0 Å². The molecule has 3 N–H and O–H groups in total. The van der Waals surface area contributed by atoms with E-state index >= 15 is 0 Å². The number of carbonyl (C=O) groups is 2. The lowest BCUT2D eigenvalue weighted by molar-refractivity contribution is 0.0690. The summed E-state index contributed by atoms with van der Waals surface area (Å²) in [5, 5.41) is 14.5. The molecule has 0 unspecified atom stereocenters. The Hall–Kier alpha value is -2.73. The second kappa shape index (κ2) is 6.62. The molecular weight excluding hydrogens is 270 g/mol. The normalized spacial score (nSPS) is 10.1. The number of carbonyl (C=O) groups excluding carboxylic acids is 1. The summed E-state index contributed by atoms with van der Waals surface area (Å²) in [6.45, 7) is 0.707. The van der Waals surface area contributed by atoms with Crippen LogP contribution in [0.1, 0.15) is 26.4 Å². The van der Waals surface area contributed by atoms with E-state index in [9.17, 15) is 9.59 Å². The van der Waals surface area contributed by atoms with Crippen LogP contribution >= 0.6 is 0 Å². The van der Waals surface area contributed by atoms with Gasteiger partial charge in [-0.05, 0) is 36.9 Å².